The van der Waals surface area contributed by atoms with E-state index in [1.54, 1.807) is 10.6 Å². The van der Waals surface area contributed by atoms with Gasteiger partial charge in [0.15, 0.2) is 0 Å². The number of nitrogens with zero attached hydrogens (tertiary/aromatic N) is 1. The minimum atomic E-state index is -2.62. The average molecular weight is 212 g/mol. The summed E-state index contributed by atoms with van der Waals surface area (Å²) in [6.07, 6.45) is -0.453. The van der Waals surface area contributed by atoms with Gasteiger partial charge in [0.05, 0.1) is 6.42 Å². The van der Waals surface area contributed by atoms with E-state index in [1.807, 2.05) is 0 Å². The Morgan fingerprint density at radius 3 is 3.00 bits per heavy atom. The van der Waals surface area contributed by atoms with Crippen molar-refractivity contribution in [2.75, 3.05) is 6.54 Å². The molecule has 0 spiro atoms. The third-order valence-electron chi connectivity index (χ3n) is 3.03. The molecule has 1 aromatic rings. The highest BCUT2D eigenvalue weighted by molar-refractivity contribution is 5.94. The molecular weight excluding hydrogens is 202 g/mol. The van der Waals surface area contributed by atoms with Crippen LogP contribution in [0.1, 0.15) is 21.7 Å². The minimum absolute atomic E-state index is 0.154. The number of alkyl halides is 2. The molecule has 0 atom stereocenters. The zero-order chi connectivity index (χ0) is 10.6. The standard InChI is InChI=1S/C10H10F2N2O/c11-10(12)4-6-3-7-9(15)13-1-2-14(7)8(6)5-10/h3H,1-2,4-5H2,(H,13,15). The molecule has 0 aromatic carbocycles. The van der Waals surface area contributed by atoms with Crippen molar-refractivity contribution in [2.45, 2.75) is 25.3 Å². The molecule has 1 N–H and O–H groups in total. The molecule has 1 aliphatic carbocycles. The summed E-state index contributed by atoms with van der Waals surface area (Å²) >= 11 is 0. The van der Waals surface area contributed by atoms with Crippen LogP contribution in [0, 0.1) is 0 Å². The van der Waals surface area contributed by atoms with E-state index < -0.39 is 5.92 Å². The Morgan fingerprint density at radius 2 is 2.20 bits per heavy atom. The molecule has 80 valence electrons. The predicted octanol–water partition coefficient (Wildman–Crippen LogP) is 0.965. The van der Waals surface area contributed by atoms with Gasteiger partial charge in [0.2, 0.25) is 0 Å². The maximum absolute atomic E-state index is 13.1. The van der Waals surface area contributed by atoms with Gasteiger partial charge in [0.25, 0.3) is 11.8 Å². The highest BCUT2D eigenvalue weighted by atomic mass is 19.3. The maximum atomic E-state index is 13.1. The second-order valence-electron chi connectivity index (χ2n) is 4.12. The number of aromatic nitrogens is 1. The molecular formula is C10H10F2N2O. The first-order valence-corrected chi connectivity index (χ1v) is 4.94. The van der Waals surface area contributed by atoms with Gasteiger partial charge in [-0.05, 0) is 11.6 Å². The first-order chi connectivity index (χ1) is 7.07. The number of nitrogens with one attached hydrogen (secondary N) is 1. The molecule has 5 heteroatoms. The number of hydrogen-bond acceptors (Lipinski definition) is 1. The smallest absolute Gasteiger partial charge is 0.267 e. The van der Waals surface area contributed by atoms with Crippen LogP contribution in [0.3, 0.4) is 0 Å². The Bertz CT molecular complexity index is 451. The van der Waals surface area contributed by atoms with Gasteiger partial charge in [-0.1, -0.05) is 0 Å². The zero-order valence-corrected chi connectivity index (χ0v) is 8.02. The van der Waals surface area contributed by atoms with Gasteiger partial charge < -0.3 is 9.88 Å². The van der Waals surface area contributed by atoms with Crippen molar-refractivity contribution >= 4 is 5.91 Å². The fourth-order valence-electron chi connectivity index (χ4n) is 2.41. The molecule has 0 unspecified atom stereocenters. The van der Waals surface area contributed by atoms with Gasteiger partial charge >= 0.3 is 0 Å². The highest BCUT2D eigenvalue weighted by Gasteiger charge is 2.41. The lowest BCUT2D eigenvalue weighted by atomic mass is 10.2. The van der Waals surface area contributed by atoms with Crippen LogP contribution < -0.4 is 5.32 Å². The highest BCUT2D eigenvalue weighted by Crippen LogP contribution is 2.36. The SMILES string of the molecule is O=C1NCCn2c1cc1c2CC(F)(F)C1. The number of halogens is 2. The molecule has 2 heterocycles. The van der Waals surface area contributed by atoms with Crippen LogP contribution in [-0.4, -0.2) is 22.9 Å². The lowest BCUT2D eigenvalue weighted by Crippen LogP contribution is -2.36. The quantitative estimate of drug-likeness (QED) is 0.683. The van der Waals surface area contributed by atoms with Crippen molar-refractivity contribution in [1.29, 1.82) is 0 Å². The molecule has 15 heavy (non-hydrogen) atoms. The van der Waals surface area contributed by atoms with Crippen LogP contribution in [0.15, 0.2) is 6.07 Å². The van der Waals surface area contributed by atoms with Crippen LogP contribution in [-0.2, 0) is 19.4 Å². The van der Waals surface area contributed by atoms with Crippen molar-refractivity contribution in [3.8, 4) is 0 Å². The van der Waals surface area contributed by atoms with Crippen molar-refractivity contribution in [2.24, 2.45) is 0 Å². The summed E-state index contributed by atoms with van der Waals surface area (Å²) in [6, 6.07) is 1.60. The number of hydrogen-bond donors (Lipinski definition) is 1. The first kappa shape index (κ1) is 8.88. The minimum Gasteiger partial charge on any atom is -0.349 e. The normalized spacial score (nSPS) is 22.1. The third-order valence-corrected chi connectivity index (χ3v) is 3.03. The Hall–Kier alpha value is -1.39. The van der Waals surface area contributed by atoms with Crippen molar-refractivity contribution in [3.63, 3.8) is 0 Å². The second-order valence-corrected chi connectivity index (χ2v) is 4.12. The lowest BCUT2D eigenvalue weighted by Gasteiger charge is -2.18. The van der Waals surface area contributed by atoms with E-state index in [9.17, 15) is 13.6 Å². The fraction of sp³-hybridized carbons (Fsp3) is 0.500. The molecule has 0 bridgehead atoms. The largest absolute Gasteiger partial charge is 0.349 e. The molecule has 0 fully saturated rings. The molecule has 0 saturated carbocycles. The number of carbonyl (C=O) groups is 1. The average Bonchev–Trinajstić information content (AvgIpc) is 2.59. The Balaban J connectivity index is 2.10. The molecule has 1 aliphatic heterocycles. The monoisotopic (exact) mass is 212 g/mol. The number of amides is 1. The van der Waals surface area contributed by atoms with E-state index in [-0.39, 0.29) is 18.7 Å². The van der Waals surface area contributed by atoms with Gasteiger partial charge in [0, 0.05) is 25.2 Å². The summed E-state index contributed by atoms with van der Waals surface area (Å²) in [6.45, 7) is 1.13. The summed E-state index contributed by atoms with van der Waals surface area (Å²) in [5.74, 6) is -2.78. The Kier molecular flexibility index (Phi) is 1.53. The summed E-state index contributed by atoms with van der Waals surface area (Å²) < 4.78 is 28.0. The Labute approximate surface area is 85.1 Å². The van der Waals surface area contributed by atoms with Crippen LogP contribution in [0.2, 0.25) is 0 Å². The number of fused-ring (bicyclic) bond motifs is 3. The lowest BCUT2D eigenvalue weighted by molar-refractivity contribution is 0.0116. The van der Waals surface area contributed by atoms with Crippen LogP contribution in [0.25, 0.3) is 0 Å². The summed E-state index contributed by atoms with van der Waals surface area (Å²) in [7, 11) is 0. The van der Waals surface area contributed by atoms with E-state index in [2.05, 4.69) is 5.32 Å². The van der Waals surface area contributed by atoms with Crippen LogP contribution in [0.5, 0.6) is 0 Å². The summed E-state index contributed by atoms with van der Waals surface area (Å²) in [5, 5.41) is 2.70. The predicted molar refractivity (Wildman–Crippen MR) is 49.1 cm³/mol. The third kappa shape index (κ3) is 1.19. The van der Waals surface area contributed by atoms with Crippen LogP contribution >= 0.6 is 0 Å². The van der Waals surface area contributed by atoms with Gasteiger partial charge in [0.1, 0.15) is 5.69 Å². The second kappa shape index (κ2) is 2.59. The number of carbonyl (C=O) groups excluding carboxylic acids is 1. The summed E-state index contributed by atoms with van der Waals surface area (Å²) in [5.41, 5.74) is 1.80. The van der Waals surface area contributed by atoms with Gasteiger partial charge in [-0.2, -0.15) is 0 Å². The molecule has 1 aromatic heterocycles. The van der Waals surface area contributed by atoms with E-state index in [1.165, 1.54) is 0 Å². The molecule has 2 aliphatic rings. The van der Waals surface area contributed by atoms with E-state index >= 15 is 0 Å². The van der Waals surface area contributed by atoms with Crippen molar-refractivity contribution in [3.05, 3.63) is 23.0 Å². The van der Waals surface area contributed by atoms with Gasteiger partial charge in [-0.15, -0.1) is 0 Å². The first-order valence-electron chi connectivity index (χ1n) is 4.94. The topological polar surface area (TPSA) is 34.0 Å². The molecule has 0 radical (unpaired) electrons. The molecule has 0 saturated heterocycles. The van der Waals surface area contributed by atoms with Gasteiger partial charge in [-0.3, -0.25) is 4.79 Å². The summed E-state index contributed by atoms with van der Waals surface area (Å²) in [4.78, 5) is 11.4. The van der Waals surface area contributed by atoms with Gasteiger partial charge in [-0.25, -0.2) is 8.78 Å². The number of rotatable bonds is 0. The van der Waals surface area contributed by atoms with Crippen molar-refractivity contribution < 1.29 is 13.6 Å². The maximum Gasteiger partial charge on any atom is 0.267 e. The fourth-order valence-corrected chi connectivity index (χ4v) is 2.41. The Morgan fingerprint density at radius 1 is 1.40 bits per heavy atom. The van der Waals surface area contributed by atoms with E-state index in [0.29, 0.717) is 30.0 Å². The molecule has 3 nitrogen and oxygen atoms in total. The van der Waals surface area contributed by atoms with Crippen molar-refractivity contribution in [1.82, 2.24) is 9.88 Å². The van der Waals surface area contributed by atoms with Crippen LogP contribution in [0.4, 0.5) is 8.78 Å². The molecule has 1 amide bonds. The zero-order valence-electron chi connectivity index (χ0n) is 8.02. The van der Waals surface area contributed by atoms with E-state index in [0.717, 1.165) is 0 Å². The molecule has 3 rings (SSSR count). The van der Waals surface area contributed by atoms with E-state index in [4.69, 9.17) is 0 Å².